The van der Waals surface area contributed by atoms with E-state index in [1.165, 1.54) is 54.0 Å². The van der Waals surface area contributed by atoms with Crippen LogP contribution in [0.4, 0.5) is 5.69 Å². The molecule has 0 aliphatic carbocycles. The number of nitrogens with zero attached hydrogens (tertiary/aromatic N) is 3. The second kappa shape index (κ2) is 17.9. The van der Waals surface area contributed by atoms with Gasteiger partial charge in [-0.15, -0.1) is 11.8 Å². The highest BCUT2D eigenvalue weighted by molar-refractivity contribution is 7.98. The van der Waals surface area contributed by atoms with Gasteiger partial charge in [-0.05, 0) is 61.3 Å². The van der Waals surface area contributed by atoms with Crippen molar-refractivity contribution >= 4 is 58.5 Å². The molecular weight excluding hydrogens is 803 g/mol. The first-order chi connectivity index (χ1) is 28.5. The summed E-state index contributed by atoms with van der Waals surface area (Å²) in [6, 6.07) is 13.2. The molecule has 59 heavy (non-hydrogen) atoms. The maximum atomic E-state index is 13.4. The van der Waals surface area contributed by atoms with Gasteiger partial charge >= 0.3 is 5.97 Å². The number of amides is 3. The number of carbonyl (C=O) groups is 4. The normalized spacial score (nSPS) is 16.9. The van der Waals surface area contributed by atoms with Gasteiger partial charge in [0.05, 0.1) is 44.4 Å². The number of likely N-dealkylation sites (tertiary alicyclic amines) is 1. The van der Waals surface area contributed by atoms with Crippen LogP contribution in [0.25, 0.3) is 0 Å². The number of thioether (sulfide) groups is 1. The summed E-state index contributed by atoms with van der Waals surface area (Å²) in [5.74, 6) is -1.05. The number of benzene rings is 3. The van der Waals surface area contributed by atoms with Crippen LogP contribution in [-0.2, 0) is 29.4 Å². The SMILES string of the molecule is CSc1cncc(C(=O)N[C@@H]2C[C@@H](C(=O)NCCOCCOCCNC(=S)Nc3ccc4c(c3)C(=O)OC43c4ccc(O)cc4Oc4cc(O)ccc43)N(C(C)=O)C2)n1. The van der Waals surface area contributed by atoms with E-state index in [0.717, 1.165) is 0 Å². The zero-order chi connectivity index (χ0) is 41.7. The van der Waals surface area contributed by atoms with Crippen LogP contribution in [0, 0.1) is 0 Å². The summed E-state index contributed by atoms with van der Waals surface area (Å²) in [4.78, 5) is 61.1. The molecular formula is C40H41N7O10S2. The molecule has 3 amide bonds. The number of aromatic nitrogens is 2. The number of esters is 1. The molecule has 1 spiro atoms. The van der Waals surface area contributed by atoms with Crippen molar-refractivity contribution < 1.29 is 48.3 Å². The van der Waals surface area contributed by atoms with Gasteiger partial charge < -0.3 is 55.3 Å². The van der Waals surface area contributed by atoms with Crippen molar-refractivity contribution in [1.29, 1.82) is 0 Å². The summed E-state index contributed by atoms with van der Waals surface area (Å²) >= 11 is 6.83. The fraction of sp³-hybridized carbons (Fsp3) is 0.325. The second-order valence-corrected chi connectivity index (χ2v) is 15.0. The molecule has 6 N–H and O–H groups in total. The molecule has 308 valence electrons. The Labute approximate surface area is 348 Å². The predicted molar refractivity (Wildman–Crippen MR) is 218 cm³/mol. The van der Waals surface area contributed by atoms with Gasteiger partial charge in [-0.3, -0.25) is 19.4 Å². The molecule has 0 bridgehead atoms. The van der Waals surface area contributed by atoms with E-state index in [1.54, 1.807) is 36.5 Å². The van der Waals surface area contributed by atoms with Gasteiger partial charge in [-0.25, -0.2) is 9.78 Å². The first kappa shape index (κ1) is 41.2. The fourth-order valence-corrected chi connectivity index (χ4v) is 7.81. The second-order valence-electron chi connectivity index (χ2n) is 13.7. The number of phenols is 2. The highest BCUT2D eigenvalue weighted by atomic mass is 32.2. The number of nitrogens with one attached hydrogen (secondary N) is 4. The Balaban J connectivity index is 0.811. The van der Waals surface area contributed by atoms with E-state index >= 15 is 0 Å². The first-order valence-electron chi connectivity index (χ1n) is 18.6. The number of fused-ring (bicyclic) bond motifs is 6. The molecule has 2 atom stereocenters. The van der Waals surface area contributed by atoms with Crippen molar-refractivity contribution in [2.45, 2.75) is 36.1 Å². The zero-order valence-electron chi connectivity index (χ0n) is 32.0. The van der Waals surface area contributed by atoms with E-state index in [0.29, 0.717) is 69.3 Å². The minimum atomic E-state index is -1.36. The van der Waals surface area contributed by atoms with Gasteiger partial charge in [0.2, 0.25) is 11.8 Å². The molecule has 0 saturated carbocycles. The number of carbonyl (C=O) groups excluding carboxylic acids is 4. The number of phenolic OH excluding ortho intramolecular Hbond substituents is 2. The molecule has 19 heteroatoms. The summed E-state index contributed by atoms with van der Waals surface area (Å²) < 4.78 is 23.3. The third-order valence-corrected chi connectivity index (χ3v) is 10.7. The van der Waals surface area contributed by atoms with E-state index in [9.17, 15) is 29.4 Å². The maximum Gasteiger partial charge on any atom is 0.340 e. The molecule has 7 rings (SSSR count). The van der Waals surface area contributed by atoms with Crippen LogP contribution < -0.4 is 26.0 Å². The number of ether oxygens (including phenoxy) is 4. The smallest absolute Gasteiger partial charge is 0.340 e. The molecule has 0 unspecified atom stereocenters. The molecule has 3 aromatic carbocycles. The van der Waals surface area contributed by atoms with Gasteiger partial charge in [0.25, 0.3) is 5.91 Å². The number of anilines is 1. The van der Waals surface area contributed by atoms with E-state index in [1.807, 2.05) is 6.26 Å². The Morgan fingerprint density at radius 1 is 0.932 bits per heavy atom. The van der Waals surface area contributed by atoms with Crippen molar-refractivity contribution in [2.75, 3.05) is 57.6 Å². The van der Waals surface area contributed by atoms with Crippen LogP contribution in [0.3, 0.4) is 0 Å². The Bertz CT molecular complexity index is 2240. The molecule has 3 aliphatic rings. The zero-order valence-corrected chi connectivity index (χ0v) is 33.6. The number of hydrogen-bond donors (Lipinski definition) is 6. The monoisotopic (exact) mass is 843 g/mol. The van der Waals surface area contributed by atoms with Crippen LogP contribution in [0.15, 0.2) is 72.0 Å². The fourth-order valence-electron chi connectivity index (χ4n) is 7.23. The number of aromatic hydroxyl groups is 2. The minimum absolute atomic E-state index is 0.0282. The van der Waals surface area contributed by atoms with Crippen LogP contribution in [0.2, 0.25) is 0 Å². The Morgan fingerprint density at radius 2 is 1.59 bits per heavy atom. The van der Waals surface area contributed by atoms with Crippen LogP contribution in [-0.4, -0.2) is 118 Å². The van der Waals surface area contributed by atoms with Crippen molar-refractivity contribution in [3.8, 4) is 23.0 Å². The lowest BCUT2D eigenvalue weighted by Crippen LogP contribution is -2.46. The van der Waals surface area contributed by atoms with Crippen LogP contribution in [0.5, 0.6) is 23.0 Å². The van der Waals surface area contributed by atoms with E-state index in [4.69, 9.17) is 31.2 Å². The highest BCUT2D eigenvalue weighted by Gasteiger charge is 2.53. The quantitative estimate of drug-likeness (QED) is 0.0465. The van der Waals surface area contributed by atoms with E-state index in [-0.39, 0.29) is 61.7 Å². The van der Waals surface area contributed by atoms with Crippen LogP contribution >= 0.6 is 24.0 Å². The van der Waals surface area contributed by atoms with Crippen molar-refractivity contribution in [3.63, 3.8) is 0 Å². The average Bonchev–Trinajstić information content (AvgIpc) is 3.77. The third kappa shape index (κ3) is 8.87. The van der Waals surface area contributed by atoms with E-state index in [2.05, 4.69) is 31.2 Å². The highest BCUT2D eigenvalue weighted by Crippen LogP contribution is 2.57. The van der Waals surface area contributed by atoms with Crippen LogP contribution in [0.1, 0.15) is 50.9 Å². The number of rotatable bonds is 14. The summed E-state index contributed by atoms with van der Waals surface area (Å²) in [6.45, 7) is 3.34. The average molecular weight is 844 g/mol. The molecule has 4 aromatic rings. The molecule has 1 aromatic heterocycles. The number of hydrogen-bond acceptors (Lipinski definition) is 14. The Morgan fingerprint density at radius 3 is 2.25 bits per heavy atom. The Hall–Kier alpha value is -6.02. The van der Waals surface area contributed by atoms with Gasteiger partial charge in [0, 0.05) is 67.1 Å². The minimum Gasteiger partial charge on any atom is -0.508 e. The standard InChI is InChI=1S/C40H41N7O10S2/c1-22(48)47-21-24(44-36(51)31-19-41-20-35(46-31)59-2)16-32(47)37(52)42-9-11-54-13-14-55-12-10-43-39(58)45-23-3-6-28-27(15-23)38(53)57-40(28)29-7-4-25(49)17-33(29)56-34-18-26(50)5-8-30(34)40/h3-8,15,17-20,24,32,49-50H,9-14,16,21H2,1-2H3,(H,42,52)(H,44,51)(H2,43,45,58)/t24-,32+/m1/s1. The molecule has 1 fully saturated rings. The largest absolute Gasteiger partial charge is 0.508 e. The molecule has 3 aliphatic heterocycles. The molecule has 4 heterocycles. The summed E-state index contributed by atoms with van der Waals surface area (Å²) in [7, 11) is 0. The van der Waals surface area contributed by atoms with Gasteiger partial charge in [-0.1, -0.05) is 6.07 Å². The van der Waals surface area contributed by atoms with Crippen molar-refractivity contribution in [3.05, 3.63) is 94.9 Å². The van der Waals surface area contributed by atoms with E-state index < -0.39 is 29.6 Å². The summed E-state index contributed by atoms with van der Waals surface area (Å²) in [5.41, 5.74) is 1.30. The van der Waals surface area contributed by atoms with Gasteiger partial charge in [-0.2, -0.15) is 0 Å². The maximum absolute atomic E-state index is 13.4. The molecule has 17 nitrogen and oxygen atoms in total. The third-order valence-electron chi connectivity index (χ3n) is 9.88. The molecule has 1 saturated heterocycles. The molecule has 0 radical (unpaired) electrons. The van der Waals surface area contributed by atoms with Gasteiger partial charge in [0.15, 0.2) is 10.7 Å². The number of thiocarbonyl (C=S) groups is 1. The summed E-state index contributed by atoms with van der Waals surface area (Å²) in [6.07, 6.45) is 5.03. The lowest BCUT2D eigenvalue weighted by atomic mass is 9.77. The first-order valence-corrected chi connectivity index (χ1v) is 20.2. The lowest BCUT2D eigenvalue weighted by molar-refractivity contribution is -0.136. The van der Waals surface area contributed by atoms with Gasteiger partial charge in [0.1, 0.15) is 39.8 Å². The lowest BCUT2D eigenvalue weighted by Gasteiger charge is -2.36. The van der Waals surface area contributed by atoms with Crippen molar-refractivity contribution in [1.82, 2.24) is 30.8 Å². The predicted octanol–water partition coefficient (Wildman–Crippen LogP) is 3.03. The van der Waals surface area contributed by atoms with Crippen molar-refractivity contribution in [2.24, 2.45) is 0 Å². The summed E-state index contributed by atoms with van der Waals surface area (Å²) in [5, 5.41) is 33.0. The Kier molecular flexibility index (Phi) is 12.5. The topological polar surface area (TPSA) is 223 Å².